The van der Waals surface area contributed by atoms with Crippen LogP contribution in [-0.2, 0) is 0 Å². The van der Waals surface area contributed by atoms with E-state index in [1.54, 1.807) is 23.5 Å². The highest BCUT2D eigenvalue weighted by Crippen LogP contribution is 2.34. The van der Waals surface area contributed by atoms with Crippen molar-refractivity contribution in [1.82, 2.24) is 4.98 Å². The molecule has 0 unspecified atom stereocenters. The van der Waals surface area contributed by atoms with E-state index in [0.29, 0.717) is 10.0 Å². The Morgan fingerprint density at radius 2 is 1.90 bits per heavy atom. The molecule has 2 nitrogen and oxygen atoms in total. The summed E-state index contributed by atoms with van der Waals surface area (Å²) < 4.78 is 0. The molecule has 0 amide bonds. The number of hydrogen-bond donors (Lipinski definition) is 1. The summed E-state index contributed by atoms with van der Waals surface area (Å²) in [6, 6.07) is 13.0. The van der Waals surface area contributed by atoms with Crippen molar-refractivity contribution in [3.8, 4) is 21.8 Å². The fourth-order valence-electron chi connectivity index (χ4n) is 1.90. The van der Waals surface area contributed by atoms with Crippen LogP contribution in [0.15, 0.2) is 47.8 Å². The topological polar surface area (TPSA) is 38.9 Å². The van der Waals surface area contributed by atoms with Gasteiger partial charge >= 0.3 is 0 Å². The zero-order chi connectivity index (χ0) is 14.1. The van der Waals surface area contributed by atoms with Crippen LogP contribution in [0.25, 0.3) is 21.8 Å². The Labute approximate surface area is 130 Å². The molecule has 0 atom stereocenters. The molecule has 2 N–H and O–H groups in total. The molecule has 5 heteroatoms. The molecule has 3 rings (SSSR count). The van der Waals surface area contributed by atoms with Gasteiger partial charge in [-0.05, 0) is 30.3 Å². The number of halogens is 2. The summed E-state index contributed by atoms with van der Waals surface area (Å²) in [5, 5.41) is 4.15. The van der Waals surface area contributed by atoms with Gasteiger partial charge in [0.25, 0.3) is 0 Å². The van der Waals surface area contributed by atoms with Gasteiger partial charge in [-0.3, -0.25) is 0 Å². The number of hydrogen-bond acceptors (Lipinski definition) is 3. The second-order valence-corrected chi connectivity index (χ2v) is 5.99. The highest BCUT2D eigenvalue weighted by atomic mass is 35.5. The highest BCUT2D eigenvalue weighted by Gasteiger charge is 2.10. The Balaban J connectivity index is 2.04. The van der Waals surface area contributed by atoms with Gasteiger partial charge in [0, 0.05) is 27.2 Å². The van der Waals surface area contributed by atoms with Crippen molar-refractivity contribution in [2.75, 3.05) is 5.73 Å². The van der Waals surface area contributed by atoms with Gasteiger partial charge in [0.15, 0.2) is 0 Å². The van der Waals surface area contributed by atoms with Gasteiger partial charge in [-0.2, -0.15) is 0 Å². The van der Waals surface area contributed by atoms with E-state index < -0.39 is 0 Å². The molecule has 2 aromatic carbocycles. The van der Waals surface area contributed by atoms with Crippen LogP contribution in [0.4, 0.5) is 5.69 Å². The van der Waals surface area contributed by atoms with Crippen LogP contribution in [0, 0.1) is 0 Å². The second-order valence-electron chi connectivity index (χ2n) is 4.29. The van der Waals surface area contributed by atoms with Crippen molar-refractivity contribution in [3.63, 3.8) is 0 Å². The number of nitrogen functional groups attached to an aromatic ring is 1. The van der Waals surface area contributed by atoms with E-state index in [1.165, 1.54) is 0 Å². The van der Waals surface area contributed by atoms with Crippen LogP contribution in [0.3, 0.4) is 0 Å². The molecule has 0 aliphatic carbocycles. The van der Waals surface area contributed by atoms with E-state index in [0.717, 1.165) is 27.5 Å². The highest BCUT2D eigenvalue weighted by molar-refractivity contribution is 7.13. The molecule has 0 radical (unpaired) electrons. The molecule has 0 aliphatic rings. The van der Waals surface area contributed by atoms with Gasteiger partial charge < -0.3 is 5.73 Å². The third kappa shape index (κ3) is 2.66. The Kier molecular flexibility index (Phi) is 3.66. The molecular formula is C15H10Cl2N2S. The smallest absolute Gasteiger partial charge is 0.124 e. The van der Waals surface area contributed by atoms with Crippen LogP contribution < -0.4 is 5.73 Å². The summed E-state index contributed by atoms with van der Waals surface area (Å²) in [4.78, 5) is 4.61. The van der Waals surface area contributed by atoms with Crippen molar-refractivity contribution in [1.29, 1.82) is 0 Å². The van der Waals surface area contributed by atoms with Gasteiger partial charge in [0.2, 0.25) is 0 Å². The van der Waals surface area contributed by atoms with E-state index >= 15 is 0 Å². The Bertz CT molecular complexity index is 768. The maximum absolute atomic E-state index is 6.20. The zero-order valence-corrected chi connectivity index (χ0v) is 12.6. The van der Waals surface area contributed by atoms with Gasteiger partial charge in [0.05, 0.1) is 10.7 Å². The summed E-state index contributed by atoms with van der Waals surface area (Å²) in [5.41, 5.74) is 9.18. The molecule has 0 spiro atoms. The first-order valence-corrected chi connectivity index (χ1v) is 7.54. The Hall–Kier alpha value is -1.55. The van der Waals surface area contributed by atoms with Crippen molar-refractivity contribution in [3.05, 3.63) is 57.9 Å². The maximum atomic E-state index is 6.20. The van der Waals surface area contributed by atoms with Gasteiger partial charge in [-0.1, -0.05) is 35.3 Å². The number of thiazole rings is 1. The number of aromatic nitrogens is 1. The SMILES string of the molecule is Nc1cccc(-c2nc(-c3cc(Cl)ccc3Cl)cs2)c1. The monoisotopic (exact) mass is 320 g/mol. The van der Waals surface area contributed by atoms with E-state index in [4.69, 9.17) is 28.9 Å². The lowest BCUT2D eigenvalue weighted by molar-refractivity contribution is 1.40. The molecule has 0 saturated carbocycles. The predicted octanol–water partition coefficient (Wildman–Crippen LogP) is 5.37. The first-order valence-electron chi connectivity index (χ1n) is 5.90. The van der Waals surface area contributed by atoms with Crippen LogP contribution in [0.5, 0.6) is 0 Å². The zero-order valence-electron chi connectivity index (χ0n) is 10.3. The summed E-state index contributed by atoms with van der Waals surface area (Å²) in [7, 11) is 0. The van der Waals surface area contributed by atoms with Gasteiger partial charge in [-0.15, -0.1) is 11.3 Å². The molecule has 0 fully saturated rings. The van der Waals surface area contributed by atoms with Crippen molar-refractivity contribution in [2.24, 2.45) is 0 Å². The van der Waals surface area contributed by atoms with Crippen molar-refractivity contribution >= 4 is 40.2 Å². The minimum Gasteiger partial charge on any atom is -0.399 e. The fourth-order valence-corrected chi connectivity index (χ4v) is 3.10. The molecule has 1 aromatic heterocycles. The van der Waals surface area contributed by atoms with E-state index in [-0.39, 0.29) is 0 Å². The Morgan fingerprint density at radius 1 is 1.05 bits per heavy atom. The summed E-state index contributed by atoms with van der Waals surface area (Å²) >= 11 is 13.8. The minimum absolute atomic E-state index is 0.638. The number of rotatable bonds is 2. The maximum Gasteiger partial charge on any atom is 0.124 e. The lowest BCUT2D eigenvalue weighted by Gasteiger charge is -2.01. The number of benzene rings is 2. The molecule has 20 heavy (non-hydrogen) atoms. The molecule has 1 heterocycles. The molecular weight excluding hydrogens is 311 g/mol. The second kappa shape index (κ2) is 5.44. The molecule has 0 aliphatic heterocycles. The number of nitrogens with zero attached hydrogens (tertiary/aromatic N) is 1. The quantitative estimate of drug-likeness (QED) is 0.645. The lowest BCUT2D eigenvalue weighted by Crippen LogP contribution is -1.85. The van der Waals surface area contributed by atoms with Gasteiger partial charge in [0.1, 0.15) is 5.01 Å². The van der Waals surface area contributed by atoms with Crippen molar-refractivity contribution in [2.45, 2.75) is 0 Å². The number of nitrogens with two attached hydrogens (primary N) is 1. The summed E-state index contributed by atoms with van der Waals surface area (Å²) in [6.07, 6.45) is 0. The number of anilines is 1. The van der Waals surface area contributed by atoms with E-state index in [9.17, 15) is 0 Å². The van der Waals surface area contributed by atoms with Gasteiger partial charge in [-0.25, -0.2) is 4.98 Å². The molecule has 0 saturated heterocycles. The fraction of sp³-hybridized carbons (Fsp3) is 0. The van der Waals surface area contributed by atoms with E-state index in [1.807, 2.05) is 35.7 Å². The largest absolute Gasteiger partial charge is 0.399 e. The average molecular weight is 321 g/mol. The Morgan fingerprint density at radius 3 is 2.70 bits per heavy atom. The molecule has 100 valence electrons. The van der Waals surface area contributed by atoms with Crippen LogP contribution >= 0.6 is 34.5 Å². The van der Waals surface area contributed by atoms with E-state index in [2.05, 4.69) is 4.98 Å². The van der Waals surface area contributed by atoms with Crippen LogP contribution in [0.2, 0.25) is 10.0 Å². The predicted molar refractivity (Wildman–Crippen MR) is 87.4 cm³/mol. The summed E-state index contributed by atoms with van der Waals surface area (Å²) in [5.74, 6) is 0. The van der Waals surface area contributed by atoms with Crippen LogP contribution in [-0.4, -0.2) is 4.98 Å². The van der Waals surface area contributed by atoms with Crippen molar-refractivity contribution < 1.29 is 0 Å². The van der Waals surface area contributed by atoms with Crippen LogP contribution in [0.1, 0.15) is 0 Å². The average Bonchev–Trinajstić information content (AvgIpc) is 2.91. The lowest BCUT2D eigenvalue weighted by atomic mass is 10.1. The third-order valence-electron chi connectivity index (χ3n) is 2.84. The molecule has 0 bridgehead atoms. The normalized spacial score (nSPS) is 10.7. The third-order valence-corrected chi connectivity index (χ3v) is 4.30. The molecule has 3 aromatic rings. The first kappa shape index (κ1) is 13.4. The standard InChI is InChI=1S/C15H10Cl2N2S/c16-10-4-5-13(17)12(7-10)14-8-20-15(19-14)9-2-1-3-11(18)6-9/h1-8H,18H2. The minimum atomic E-state index is 0.638. The summed E-state index contributed by atoms with van der Waals surface area (Å²) in [6.45, 7) is 0. The first-order chi connectivity index (χ1) is 9.63.